The molecule has 1 N–H and O–H groups in total. The van der Waals surface area contributed by atoms with Gasteiger partial charge in [0.05, 0.1) is 19.3 Å². The van der Waals surface area contributed by atoms with Crippen molar-refractivity contribution >= 4 is 15.9 Å². The summed E-state index contributed by atoms with van der Waals surface area (Å²) in [5.74, 6) is -1.28. The number of hydrogen-bond acceptors (Lipinski definition) is 4. The van der Waals surface area contributed by atoms with Gasteiger partial charge in [0.25, 0.3) is 5.91 Å². The van der Waals surface area contributed by atoms with E-state index in [-0.39, 0.29) is 37.9 Å². The van der Waals surface area contributed by atoms with Gasteiger partial charge >= 0.3 is 0 Å². The van der Waals surface area contributed by atoms with Crippen LogP contribution in [-0.2, 0) is 21.2 Å². The molecule has 2 aromatic rings. The third-order valence-corrected chi connectivity index (χ3v) is 7.37. The number of rotatable bonds is 4. The van der Waals surface area contributed by atoms with Crippen LogP contribution in [-0.4, -0.2) is 44.9 Å². The SMILES string of the molecule is O=C(N[C@@H]1CCCc2ccccc21)c1ccc(F)c(S(=O)(=O)N2CCOCC2)c1. The zero-order chi connectivity index (χ0) is 20.4. The molecule has 8 heteroatoms. The number of carbonyl (C=O) groups excluding carboxylic acids is 1. The maximum absolute atomic E-state index is 14.4. The molecule has 1 saturated heterocycles. The Hall–Kier alpha value is -2.29. The van der Waals surface area contributed by atoms with Gasteiger partial charge in [-0.1, -0.05) is 24.3 Å². The van der Waals surface area contributed by atoms with Gasteiger partial charge in [0, 0.05) is 18.7 Å². The number of nitrogens with one attached hydrogen (secondary N) is 1. The van der Waals surface area contributed by atoms with Crippen LogP contribution in [0.2, 0.25) is 0 Å². The molecule has 1 amide bonds. The zero-order valence-corrected chi connectivity index (χ0v) is 16.8. The lowest BCUT2D eigenvalue weighted by atomic mass is 9.87. The Bertz CT molecular complexity index is 1020. The minimum atomic E-state index is -4.03. The van der Waals surface area contributed by atoms with Gasteiger partial charge in [-0.15, -0.1) is 0 Å². The number of morpholine rings is 1. The monoisotopic (exact) mass is 418 g/mol. The number of aryl methyl sites for hydroxylation is 1. The van der Waals surface area contributed by atoms with Gasteiger partial charge in [0.2, 0.25) is 10.0 Å². The molecule has 1 atom stereocenters. The number of amides is 1. The van der Waals surface area contributed by atoms with Crippen LogP contribution in [0.5, 0.6) is 0 Å². The summed E-state index contributed by atoms with van der Waals surface area (Å²) in [6.07, 6.45) is 2.74. The van der Waals surface area contributed by atoms with Crippen LogP contribution < -0.4 is 5.32 Å². The zero-order valence-electron chi connectivity index (χ0n) is 15.9. The lowest BCUT2D eigenvalue weighted by Gasteiger charge is -2.27. The van der Waals surface area contributed by atoms with Crippen LogP contribution in [0.25, 0.3) is 0 Å². The third-order valence-electron chi connectivity index (χ3n) is 5.46. The molecule has 0 aromatic heterocycles. The Balaban J connectivity index is 1.58. The number of carbonyl (C=O) groups is 1. The molecule has 1 fully saturated rings. The smallest absolute Gasteiger partial charge is 0.251 e. The molecule has 2 aromatic carbocycles. The molecule has 1 aliphatic carbocycles. The van der Waals surface area contributed by atoms with E-state index in [1.165, 1.54) is 15.9 Å². The van der Waals surface area contributed by atoms with Gasteiger partial charge < -0.3 is 10.1 Å². The van der Waals surface area contributed by atoms with Crippen molar-refractivity contribution < 1.29 is 22.3 Å². The summed E-state index contributed by atoms with van der Waals surface area (Å²) in [5, 5.41) is 2.98. The van der Waals surface area contributed by atoms with Crippen molar-refractivity contribution in [3.05, 3.63) is 65.0 Å². The highest BCUT2D eigenvalue weighted by atomic mass is 32.2. The summed E-state index contributed by atoms with van der Waals surface area (Å²) in [5.41, 5.74) is 2.41. The summed E-state index contributed by atoms with van der Waals surface area (Å²) in [6.45, 7) is 0.859. The van der Waals surface area contributed by atoms with Crippen LogP contribution in [0.4, 0.5) is 4.39 Å². The minimum Gasteiger partial charge on any atom is -0.379 e. The van der Waals surface area contributed by atoms with Gasteiger partial charge in [-0.3, -0.25) is 4.79 Å². The summed E-state index contributed by atoms with van der Waals surface area (Å²) in [7, 11) is -4.03. The van der Waals surface area contributed by atoms with E-state index in [9.17, 15) is 17.6 Å². The number of ether oxygens (including phenoxy) is 1. The fourth-order valence-electron chi connectivity index (χ4n) is 3.91. The first-order valence-electron chi connectivity index (χ1n) is 9.73. The normalized spacial score (nSPS) is 20.1. The second kappa shape index (κ2) is 8.22. The predicted molar refractivity (Wildman–Crippen MR) is 106 cm³/mol. The molecule has 4 rings (SSSR count). The number of benzene rings is 2. The van der Waals surface area contributed by atoms with Crippen molar-refractivity contribution in [3.63, 3.8) is 0 Å². The van der Waals surface area contributed by atoms with Gasteiger partial charge in [0.15, 0.2) is 0 Å². The summed E-state index contributed by atoms with van der Waals surface area (Å²) < 4.78 is 46.4. The van der Waals surface area contributed by atoms with Crippen molar-refractivity contribution in [1.82, 2.24) is 9.62 Å². The van der Waals surface area contributed by atoms with Gasteiger partial charge in [-0.25, -0.2) is 12.8 Å². The molecule has 0 spiro atoms. The fourth-order valence-corrected chi connectivity index (χ4v) is 5.41. The summed E-state index contributed by atoms with van der Waals surface area (Å²) in [4.78, 5) is 12.4. The van der Waals surface area contributed by atoms with Gasteiger partial charge in [0.1, 0.15) is 10.7 Å². The third kappa shape index (κ3) is 4.05. The van der Waals surface area contributed by atoms with Crippen molar-refractivity contribution in [2.24, 2.45) is 0 Å². The Morgan fingerprint density at radius 3 is 2.69 bits per heavy atom. The molecule has 0 unspecified atom stereocenters. The van der Waals surface area contributed by atoms with Crippen molar-refractivity contribution in [2.45, 2.75) is 30.2 Å². The van der Waals surface area contributed by atoms with Crippen LogP contribution >= 0.6 is 0 Å². The lowest BCUT2D eigenvalue weighted by molar-refractivity contribution is 0.0729. The second-order valence-corrected chi connectivity index (χ2v) is 9.19. The number of sulfonamides is 1. The summed E-state index contributed by atoms with van der Waals surface area (Å²) in [6, 6.07) is 11.3. The average Bonchev–Trinajstić information content (AvgIpc) is 2.75. The second-order valence-electron chi connectivity index (χ2n) is 7.28. The Labute approximate surface area is 169 Å². The lowest BCUT2D eigenvalue weighted by Crippen LogP contribution is -2.41. The Kier molecular flexibility index (Phi) is 5.67. The molecule has 0 saturated carbocycles. The largest absolute Gasteiger partial charge is 0.379 e. The van der Waals surface area contributed by atoms with Crippen molar-refractivity contribution in [3.8, 4) is 0 Å². The van der Waals surface area contributed by atoms with E-state index in [1.54, 1.807) is 0 Å². The molecular weight excluding hydrogens is 395 g/mol. The van der Waals surface area contributed by atoms with E-state index in [4.69, 9.17) is 4.74 Å². The quantitative estimate of drug-likeness (QED) is 0.828. The maximum atomic E-state index is 14.4. The van der Waals surface area contributed by atoms with E-state index in [1.807, 2.05) is 18.2 Å². The molecule has 0 radical (unpaired) electrons. The van der Waals surface area contributed by atoms with Gasteiger partial charge in [-0.05, 0) is 48.6 Å². The molecule has 2 aliphatic rings. The van der Waals surface area contributed by atoms with Crippen molar-refractivity contribution in [1.29, 1.82) is 0 Å². The molecule has 154 valence electrons. The summed E-state index contributed by atoms with van der Waals surface area (Å²) >= 11 is 0. The molecule has 6 nitrogen and oxygen atoms in total. The standard InChI is InChI=1S/C21H23FN2O4S/c22-18-9-8-16(14-20(18)29(26,27)24-10-12-28-13-11-24)21(25)23-19-7-3-5-15-4-1-2-6-17(15)19/h1-2,4,6,8-9,14,19H,3,5,7,10-13H2,(H,23,25)/t19-/m1/s1. The topological polar surface area (TPSA) is 75.7 Å². The van der Waals surface area contributed by atoms with Crippen LogP contribution in [0.1, 0.15) is 40.4 Å². The molecule has 1 aliphatic heterocycles. The molecule has 0 bridgehead atoms. The van der Waals surface area contributed by atoms with Crippen LogP contribution in [0.3, 0.4) is 0 Å². The first kappa shape index (κ1) is 20.0. The molecule has 1 heterocycles. The van der Waals surface area contributed by atoms with Crippen molar-refractivity contribution in [2.75, 3.05) is 26.3 Å². The average molecular weight is 418 g/mol. The number of nitrogens with zero attached hydrogens (tertiary/aromatic N) is 1. The number of hydrogen-bond donors (Lipinski definition) is 1. The number of fused-ring (bicyclic) bond motifs is 1. The minimum absolute atomic E-state index is 0.126. The van der Waals surface area contributed by atoms with Gasteiger partial charge in [-0.2, -0.15) is 4.31 Å². The molecular formula is C21H23FN2O4S. The molecule has 29 heavy (non-hydrogen) atoms. The Morgan fingerprint density at radius 1 is 1.14 bits per heavy atom. The van der Waals surface area contributed by atoms with E-state index in [0.717, 1.165) is 37.0 Å². The van der Waals surface area contributed by atoms with E-state index >= 15 is 0 Å². The van der Waals surface area contributed by atoms with E-state index in [0.29, 0.717) is 0 Å². The highest BCUT2D eigenvalue weighted by Gasteiger charge is 2.30. The first-order valence-corrected chi connectivity index (χ1v) is 11.2. The van der Waals surface area contributed by atoms with Crippen LogP contribution in [0.15, 0.2) is 47.4 Å². The highest BCUT2D eigenvalue weighted by Crippen LogP contribution is 2.30. The van der Waals surface area contributed by atoms with Crippen LogP contribution in [0, 0.1) is 5.82 Å². The predicted octanol–water partition coefficient (Wildman–Crippen LogP) is 2.65. The fraction of sp³-hybridized carbons (Fsp3) is 0.381. The maximum Gasteiger partial charge on any atom is 0.251 e. The number of halogens is 1. The van der Waals surface area contributed by atoms with E-state index in [2.05, 4.69) is 11.4 Å². The van der Waals surface area contributed by atoms with E-state index < -0.39 is 26.6 Å². The Morgan fingerprint density at radius 2 is 1.90 bits per heavy atom. The first-order chi connectivity index (χ1) is 14.0. The highest BCUT2D eigenvalue weighted by molar-refractivity contribution is 7.89.